The van der Waals surface area contributed by atoms with Gasteiger partial charge in [-0.05, 0) is 30.3 Å². The van der Waals surface area contributed by atoms with E-state index in [4.69, 9.17) is 11.6 Å². The summed E-state index contributed by atoms with van der Waals surface area (Å²) in [7, 11) is 0. The standard InChI is InChI=1S/C13H11ClN4O/c14-11-3-5-12(6-4-11)17-13(19)18-16-9-10-2-1-7-15-8-10/h1-9H,(H2,17,18,19)/b16-9-. The van der Waals surface area contributed by atoms with Crippen molar-refractivity contribution in [3.63, 3.8) is 0 Å². The number of pyridine rings is 1. The van der Waals surface area contributed by atoms with Crippen LogP contribution in [0.15, 0.2) is 53.9 Å². The average molecular weight is 275 g/mol. The number of urea groups is 1. The third-order valence-corrected chi connectivity index (χ3v) is 2.42. The minimum Gasteiger partial charge on any atom is -0.307 e. The molecule has 0 aliphatic rings. The van der Waals surface area contributed by atoms with Gasteiger partial charge < -0.3 is 5.32 Å². The first-order chi connectivity index (χ1) is 9.24. The Kier molecular flexibility index (Phi) is 4.47. The third kappa shape index (κ3) is 4.40. The Bertz CT molecular complexity index is 569. The number of carbonyl (C=O) groups is 1. The van der Waals surface area contributed by atoms with E-state index in [1.165, 1.54) is 6.21 Å². The molecule has 0 aliphatic carbocycles. The summed E-state index contributed by atoms with van der Waals surface area (Å²) >= 11 is 5.74. The lowest BCUT2D eigenvalue weighted by Crippen LogP contribution is -2.24. The molecule has 2 amide bonds. The number of hydrogen-bond donors (Lipinski definition) is 2. The molecule has 0 bridgehead atoms. The molecule has 0 saturated carbocycles. The van der Waals surface area contributed by atoms with Crippen LogP contribution in [0.25, 0.3) is 0 Å². The van der Waals surface area contributed by atoms with Crippen molar-refractivity contribution in [3.05, 3.63) is 59.4 Å². The Morgan fingerprint density at radius 1 is 1.26 bits per heavy atom. The van der Waals surface area contributed by atoms with E-state index < -0.39 is 6.03 Å². The molecule has 1 heterocycles. The van der Waals surface area contributed by atoms with Gasteiger partial charge in [-0.3, -0.25) is 4.98 Å². The molecule has 2 aromatic rings. The van der Waals surface area contributed by atoms with Crippen molar-refractivity contribution in [2.75, 3.05) is 5.32 Å². The van der Waals surface area contributed by atoms with Crippen molar-refractivity contribution >= 4 is 29.5 Å². The van der Waals surface area contributed by atoms with Crippen LogP contribution < -0.4 is 10.7 Å². The van der Waals surface area contributed by atoms with Gasteiger partial charge in [0.25, 0.3) is 0 Å². The number of rotatable bonds is 3. The molecule has 0 saturated heterocycles. The van der Waals surface area contributed by atoms with Crippen LogP contribution in [0.4, 0.5) is 10.5 Å². The van der Waals surface area contributed by atoms with Crippen LogP contribution in [-0.2, 0) is 0 Å². The normalized spacial score (nSPS) is 10.4. The molecule has 96 valence electrons. The number of benzene rings is 1. The van der Waals surface area contributed by atoms with Crippen LogP contribution in [0.1, 0.15) is 5.56 Å². The zero-order chi connectivity index (χ0) is 13.5. The summed E-state index contributed by atoms with van der Waals surface area (Å²) in [6, 6.07) is 9.97. The molecular weight excluding hydrogens is 264 g/mol. The zero-order valence-electron chi connectivity index (χ0n) is 9.88. The highest BCUT2D eigenvalue weighted by molar-refractivity contribution is 6.30. The first-order valence-electron chi connectivity index (χ1n) is 5.50. The predicted octanol–water partition coefficient (Wildman–Crippen LogP) is 2.89. The number of nitrogens with one attached hydrogen (secondary N) is 2. The fraction of sp³-hybridized carbons (Fsp3) is 0. The van der Waals surface area contributed by atoms with Gasteiger partial charge >= 0.3 is 6.03 Å². The van der Waals surface area contributed by atoms with Gasteiger partial charge in [-0.1, -0.05) is 17.7 Å². The summed E-state index contributed by atoms with van der Waals surface area (Å²) < 4.78 is 0. The van der Waals surface area contributed by atoms with Crippen molar-refractivity contribution in [1.29, 1.82) is 0 Å². The van der Waals surface area contributed by atoms with Crippen LogP contribution in [0.5, 0.6) is 0 Å². The van der Waals surface area contributed by atoms with Crippen LogP contribution in [0.3, 0.4) is 0 Å². The summed E-state index contributed by atoms with van der Waals surface area (Å²) in [6.07, 6.45) is 4.81. The molecule has 2 rings (SSSR count). The number of carbonyl (C=O) groups excluding carboxylic acids is 1. The number of hydrazone groups is 1. The second kappa shape index (κ2) is 6.51. The van der Waals surface area contributed by atoms with E-state index in [0.29, 0.717) is 10.7 Å². The van der Waals surface area contributed by atoms with Crippen molar-refractivity contribution in [2.45, 2.75) is 0 Å². The van der Waals surface area contributed by atoms with Crippen LogP contribution in [0, 0.1) is 0 Å². The maximum Gasteiger partial charge on any atom is 0.339 e. The van der Waals surface area contributed by atoms with E-state index in [1.54, 1.807) is 42.7 Å². The van der Waals surface area contributed by atoms with Crippen LogP contribution >= 0.6 is 11.6 Å². The number of nitrogens with zero attached hydrogens (tertiary/aromatic N) is 2. The first-order valence-corrected chi connectivity index (χ1v) is 5.87. The Hall–Kier alpha value is -2.40. The lowest BCUT2D eigenvalue weighted by Gasteiger charge is -2.03. The highest BCUT2D eigenvalue weighted by atomic mass is 35.5. The molecule has 1 aromatic carbocycles. The van der Waals surface area contributed by atoms with Gasteiger partial charge in [0.05, 0.1) is 6.21 Å². The molecule has 0 fully saturated rings. The summed E-state index contributed by atoms with van der Waals surface area (Å²) in [6.45, 7) is 0. The highest BCUT2D eigenvalue weighted by Gasteiger charge is 1.99. The Balaban J connectivity index is 1.85. The summed E-state index contributed by atoms with van der Waals surface area (Å²) in [5, 5.41) is 7.03. The zero-order valence-corrected chi connectivity index (χ0v) is 10.6. The van der Waals surface area contributed by atoms with Crippen LogP contribution in [-0.4, -0.2) is 17.2 Å². The summed E-state index contributed by atoms with van der Waals surface area (Å²) in [4.78, 5) is 15.4. The van der Waals surface area contributed by atoms with Crippen molar-refractivity contribution in [3.8, 4) is 0 Å². The minimum absolute atomic E-state index is 0.428. The molecule has 0 spiro atoms. The second-order valence-electron chi connectivity index (χ2n) is 3.62. The molecule has 5 nitrogen and oxygen atoms in total. The van der Waals surface area contributed by atoms with Gasteiger partial charge in [-0.15, -0.1) is 0 Å². The van der Waals surface area contributed by atoms with E-state index in [2.05, 4.69) is 20.8 Å². The Morgan fingerprint density at radius 2 is 2.05 bits per heavy atom. The smallest absolute Gasteiger partial charge is 0.307 e. The highest BCUT2D eigenvalue weighted by Crippen LogP contribution is 2.12. The predicted molar refractivity (Wildman–Crippen MR) is 75.4 cm³/mol. The monoisotopic (exact) mass is 274 g/mol. The van der Waals surface area contributed by atoms with Crippen molar-refractivity contribution in [2.24, 2.45) is 5.10 Å². The second-order valence-corrected chi connectivity index (χ2v) is 4.05. The van der Waals surface area contributed by atoms with Crippen molar-refractivity contribution in [1.82, 2.24) is 10.4 Å². The molecule has 1 aromatic heterocycles. The van der Waals surface area contributed by atoms with E-state index in [0.717, 1.165) is 5.56 Å². The molecular formula is C13H11ClN4O. The summed E-state index contributed by atoms with van der Waals surface area (Å²) in [5.74, 6) is 0. The SMILES string of the molecule is O=C(N/N=C\c1cccnc1)Nc1ccc(Cl)cc1. The Morgan fingerprint density at radius 3 is 2.74 bits per heavy atom. The van der Waals surface area contributed by atoms with E-state index >= 15 is 0 Å². The largest absolute Gasteiger partial charge is 0.339 e. The number of anilines is 1. The van der Waals surface area contributed by atoms with Crippen molar-refractivity contribution < 1.29 is 4.79 Å². The molecule has 2 N–H and O–H groups in total. The average Bonchev–Trinajstić information content (AvgIpc) is 2.43. The number of hydrogen-bond acceptors (Lipinski definition) is 3. The van der Waals surface area contributed by atoms with Gasteiger partial charge in [-0.25, -0.2) is 10.2 Å². The lowest BCUT2D eigenvalue weighted by atomic mass is 10.3. The maximum atomic E-state index is 11.5. The Labute approximate surface area is 115 Å². The molecule has 19 heavy (non-hydrogen) atoms. The fourth-order valence-electron chi connectivity index (χ4n) is 1.31. The van der Waals surface area contributed by atoms with E-state index in [9.17, 15) is 4.79 Å². The van der Waals surface area contributed by atoms with Gasteiger partial charge in [0, 0.05) is 28.7 Å². The number of amides is 2. The van der Waals surface area contributed by atoms with E-state index in [-0.39, 0.29) is 0 Å². The summed E-state index contributed by atoms with van der Waals surface area (Å²) in [5.41, 5.74) is 3.79. The molecule has 6 heteroatoms. The first kappa shape index (κ1) is 13.0. The third-order valence-electron chi connectivity index (χ3n) is 2.17. The van der Waals surface area contributed by atoms with Gasteiger partial charge in [0.1, 0.15) is 0 Å². The quantitative estimate of drug-likeness (QED) is 0.667. The van der Waals surface area contributed by atoms with Gasteiger partial charge in [-0.2, -0.15) is 5.10 Å². The maximum absolute atomic E-state index is 11.5. The molecule has 0 atom stereocenters. The molecule has 0 aliphatic heterocycles. The van der Waals surface area contributed by atoms with Gasteiger partial charge in [0.15, 0.2) is 0 Å². The van der Waals surface area contributed by atoms with E-state index in [1.807, 2.05) is 6.07 Å². The number of halogens is 1. The molecule has 0 unspecified atom stereocenters. The lowest BCUT2D eigenvalue weighted by molar-refractivity contribution is 0.252. The fourth-order valence-corrected chi connectivity index (χ4v) is 1.44. The van der Waals surface area contributed by atoms with Crippen LogP contribution in [0.2, 0.25) is 5.02 Å². The minimum atomic E-state index is -0.428. The topological polar surface area (TPSA) is 66.4 Å². The van der Waals surface area contributed by atoms with Gasteiger partial charge in [0.2, 0.25) is 0 Å². The number of aromatic nitrogens is 1. The molecule has 0 radical (unpaired) electrons.